The first kappa shape index (κ1) is 16.1. The number of carbonyl (C=O) groups is 1. The van der Waals surface area contributed by atoms with Crippen LogP contribution >= 0.6 is 0 Å². The topological polar surface area (TPSA) is 77.4 Å². The molecule has 1 amide bonds. The molecule has 7 heteroatoms. The maximum Gasteiger partial charge on any atom is 0.272 e. The largest absolute Gasteiger partial charge is 0.372 e. The lowest BCUT2D eigenvalue weighted by molar-refractivity contribution is -0.188. The van der Waals surface area contributed by atoms with E-state index in [1.54, 1.807) is 23.4 Å². The van der Waals surface area contributed by atoms with Gasteiger partial charge in [-0.25, -0.2) is 9.97 Å². The van der Waals surface area contributed by atoms with Gasteiger partial charge in [0.1, 0.15) is 17.6 Å². The summed E-state index contributed by atoms with van der Waals surface area (Å²) in [4.78, 5) is 26.3. The predicted molar refractivity (Wildman–Crippen MR) is 88.7 cm³/mol. The second-order valence-electron chi connectivity index (χ2n) is 6.53. The van der Waals surface area contributed by atoms with Gasteiger partial charge in [-0.15, -0.1) is 0 Å². The second-order valence-corrected chi connectivity index (χ2v) is 6.53. The molecule has 2 saturated heterocycles. The Balaban J connectivity index is 1.31. The lowest BCUT2D eigenvalue weighted by Gasteiger charge is -2.52. The van der Waals surface area contributed by atoms with Gasteiger partial charge in [0.15, 0.2) is 0 Å². The smallest absolute Gasteiger partial charge is 0.272 e. The quantitative estimate of drug-likeness (QED) is 0.839. The molecule has 2 aromatic heterocycles. The van der Waals surface area contributed by atoms with Gasteiger partial charge in [0.2, 0.25) is 0 Å². The number of nitrogens with zero attached hydrogens (tertiary/aromatic N) is 4. The minimum Gasteiger partial charge on any atom is -0.372 e. The van der Waals surface area contributed by atoms with Crippen LogP contribution in [0.3, 0.4) is 0 Å². The maximum atomic E-state index is 12.4. The molecule has 2 aliphatic rings. The highest BCUT2D eigenvalue weighted by Gasteiger charge is 2.49. The van der Waals surface area contributed by atoms with Gasteiger partial charge in [-0.05, 0) is 24.6 Å². The van der Waals surface area contributed by atoms with E-state index < -0.39 is 0 Å². The number of rotatable bonds is 4. The molecule has 0 bridgehead atoms. The Labute approximate surface area is 146 Å². The Hall–Kier alpha value is -2.38. The lowest BCUT2D eigenvalue weighted by atomic mass is 9.84. The van der Waals surface area contributed by atoms with Crippen molar-refractivity contribution in [3.05, 3.63) is 54.4 Å². The molecule has 2 fully saturated rings. The van der Waals surface area contributed by atoms with Gasteiger partial charge >= 0.3 is 0 Å². The molecule has 1 spiro atoms. The summed E-state index contributed by atoms with van der Waals surface area (Å²) in [5, 5.41) is 0. The van der Waals surface area contributed by atoms with Crippen LogP contribution in [0.4, 0.5) is 0 Å². The van der Waals surface area contributed by atoms with Crippen molar-refractivity contribution in [3.8, 4) is 0 Å². The van der Waals surface area contributed by atoms with Crippen LogP contribution in [0.15, 0.2) is 43.0 Å². The number of likely N-dealkylation sites (tertiary alicyclic amines) is 1. The van der Waals surface area contributed by atoms with Crippen molar-refractivity contribution in [2.75, 3.05) is 19.7 Å². The fourth-order valence-corrected chi connectivity index (χ4v) is 3.40. The zero-order valence-electron chi connectivity index (χ0n) is 13.9. The van der Waals surface area contributed by atoms with Crippen LogP contribution < -0.4 is 0 Å². The maximum absolute atomic E-state index is 12.4. The number of hydrogen-bond acceptors (Lipinski definition) is 6. The third-order valence-electron chi connectivity index (χ3n) is 4.69. The van der Waals surface area contributed by atoms with E-state index in [9.17, 15) is 4.79 Å². The van der Waals surface area contributed by atoms with Crippen molar-refractivity contribution in [1.82, 2.24) is 19.9 Å². The standard InChI is InChI=1S/C18H20N4O3/c23-17(16-4-7-19-13-21-16)22-11-18(12-22)9-15(5-8-25-18)24-10-14-3-1-2-6-20-14/h1-4,6-7,13,15H,5,8-12H2. The van der Waals surface area contributed by atoms with E-state index in [1.807, 2.05) is 18.2 Å². The third-order valence-corrected chi connectivity index (χ3v) is 4.69. The van der Waals surface area contributed by atoms with E-state index in [1.165, 1.54) is 6.33 Å². The lowest BCUT2D eigenvalue weighted by Crippen LogP contribution is -2.67. The van der Waals surface area contributed by atoms with Crippen LogP contribution in [0.25, 0.3) is 0 Å². The fourth-order valence-electron chi connectivity index (χ4n) is 3.40. The van der Waals surface area contributed by atoms with E-state index in [2.05, 4.69) is 15.0 Å². The zero-order valence-corrected chi connectivity index (χ0v) is 13.9. The summed E-state index contributed by atoms with van der Waals surface area (Å²) in [7, 11) is 0. The number of hydrogen-bond donors (Lipinski definition) is 0. The number of pyridine rings is 1. The predicted octanol–water partition coefficient (Wildman–Crippen LogP) is 1.46. The summed E-state index contributed by atoms with van der Waals surface area (Å²) in [5.74, 6) is -0.0758. The summed E-state index contributed by atoms with van der Waals surface area (Å²) >= 11 is 0. The average molecular weight is 340 g/mol. The van der Waals surface area contributed by atoms with Crippen molar-refractivity contribution in [2.45, 2.75) is 31.2 Å². The minimum absolute atomic E-state index is 0.0758. The van der Waals surface area contributed by atoms with Crippen molar-refractivity contribution in [3.63, 3.8) is 0 Å². The first-order chi connectivity index (χ1) is 12.2. The Kier molecular flexibility index (Phi) is 4.42. The average Bonchev–Trinajstić information content (AvgIpc) is 2.65. The van der Waals surface area contributed by atoms with Crippen LogP contribution in [0.2, 0.25) is 0 Å². The molecule has 4 rings (SSSR count). The summed E-state index contributed by atoms with van der Waals surface area (Å²) < 4.78 is 12.0. The summed E-state index contributed by atoms with van der Waals surface area (Å²) in [5.41, 5.74) is 1.07. The molecule has 25 heavy (non-hydrogen) atoms. The third kappa shape index (κ3) is 3.52. The Morgan fingerprint density at radius 2 is 2.20 bits per heavy atom. The molecular weight excluding hydrogens is 320 g/mol. The van der Waals surface area contributed by atoms with Crippen molar-refractivity contribution < 1.29 is 14.3 Å². The van der Waals surface area contributed by atoms with Gasteiger partial charge in [0, 0.05) is 25.4 Å². The highest BCUT2D eigenvalue weighted by atomic mass is 16.5. The number of carbonyl (C=O) groups excluding carboxylic acids is 1. The number of amides is 1. The van der Waals surface area contributed by atoms with Crippen molar-refractivity contribution >= 4 is 5.91 Å². The molecule has 1 atom stereocenters. The molecule has 0 N–H and O–H groups in total. The second kappa shape index (κ2) is 6.85. The molecule has 0 radical (unpaired) electrons. The van der Waals surface area contributed by atoms with E-state index in [0.29, 0.717) is 32.0 Å². The van der Waals surface area contributed by atoms with Crippen LogP contribution in [0.1, 0.15) is 29.0 Å². The molecule has 0 aromatic carbocycles. The Morgan fingerprint density at radius 1 is 1.28 bits per heavy atom. The monoisotopic (exact) mass is 340 g/mol. The van der Waals surface area contributed by atoms with Gasteiger partial charge < -0.3 is 14.4 Å². The molecular formula is C18H20N4O3. The SMILES string of the molecule is O=C(c1ccncn1)N1CC2(CC(OCc3ccccn3)CCO2)C1. The zero-order chi connectivity index (χ0) is 17.1. The first-order valence-electron chi connectivity index (χ1n) is 8.45. The molecule has 1 unspecified atom stereocenters. The number of aromatic nitrogens is 3. The molecule has 4 heterocycles. The van der Waals surface area contributed by atoms with Crippen LogP contribution in [0, 0.1) is 0 Å². The van der Waals surface area contributed by atoms with E-state index >= 15 is 0 Å². The number of ether oxygens (including phenoxy) is 2. The van der Waals surface area contributed by atoms with Gasteiger partial charge in [-0.3, -0.25) is 9.78 Å². The summed E-state index contributed by atoms with van der Waals surface area (Å²) in [6.07, 6.45) is 6.54. The van der Waals surface area contributed by atoms with Crippen molar-refractivity contribution in [2.24, 2.45) is 0 Å². The fraction of sp³-hybridized carbons (Fsp3) is 0.444. The van der Waals surface area contributed by atoms with Gasteiger partial charge in [-0.2, -0.15) is 0 Å². The molecule has 2 aromatic rings. The molecule has 0 saturated carbocycles. The molecule has 130 valence electrons. The van der Waals surface area contributed by atoms with Crippen LogP contribution in [-0.4, -0.2) is 57.2 Å². The van der Waals surface area contributed by atoms with Crippen LogP contribution in [-0.2, 0) is 16.1 Å². The Bertz CT molecular complexity index is 720. The van der Waals surface area contributed by atoms with Crippen molar-refractivity contribution in [1.29, 1.82) is 0 Å². The van der Waals surface area contributed by atoms with Gasteiger partial charge in [0.05, 0.1) is 31.5 Å². The summed E-state index contributed by atoms with van der Waals surface area (Å²) in [6.45, 7) is 2.33. The molecule has 7 nitrogen and oxygen atoms in total. The molecule has 2 aliphatic heterocycles. The summed E-state index contributed by atoms with van der Waals surface area (Å²) in [6, 6.07) is 7.44. The van der Waals surface area contributed by atoms with Gasteiger partial charge in [0.25, 0.3) is 5.91 Å². The Morgan fingerprint density at radius 3 is 2.96 bits per heavy atom. The first-order valence-corrected chi connectivity index (χ1v) is 8.45. The van der Waals surface area contributed by atoms with Crippen LogP contribution in [0.5, 0.6) is 0 Å². The van der Waals surface area contributed by atoms with E-state index in [-0.39, 0.29) is 17.6 Å². The highest BCUT2D eigenvalue weighted by molar-refractivity contribution is 5.92. The molecule has 0 aliphatic carbocycles. The van der Waals surface area contributed by atoms with Gasteiger partial charge in [-0.1, -0.05) is 6.07 Å². The van der Waals surface area contributed by atoms with E-state index in [0.717, 1.165) is 18.5 Å². The minimum atomic E-state index is -0.282. The highest BCUT2D eigenvalue weighted by Crippen LogP contribution is 2.36. The van der Waals surface area contributed by atoms with E-state index in [4.69, 9.17) is 9.47 Å². The normalized spacial score (nSPS) is 21.8.